The van der Waals surface area contributed by atoms with Crippen LogP contribution in [0.4, 0.5) is 17.1 Å². The van der Waals surface area contributed by atoms with Gasteiger partial charge in [-0.15, -0.1) is 10.2 Å². The smallest absolute Gasteiger partial charge is 0.298 e. The largest absolute Gasteiger partial charge is 0.493 e. The van der Waals surface area contributed by atoms with Gasteiger partial charge in [-0.3, -0.25) is 10.1 Å². The van der Waals surface area contributed by atoms with Crippen LogP contribution in [-0.2, 0) is 14.8 Å². The lowest BCUT2D eigenvalue weighted by Gasteiger charge is -2.25. The zero-order chi connectivity index (χ0) is 21.3. The molecule has 0 spiro atoms. The molecule has 11 nitrogen and oxygen atoms in total. The number of hydrogen-bond donors (Lipinski definition) is 2. The van der Waals surface area contributed by atoms with E-state index < -0.39 is 20.6 Å². The van der Waals surface area contributed by atoms with Gasteiger partial charge in [-0.05, 0) is 18.2 Å². The van der Waals surface area contributed by atoms with E-state index in [1.54, 1.807) is 24.3 Å². The molecule has 12 heteroatoms. The molecule has 0 saturated carbocycles. The Labute approximate surface area is 170 Å². The second-order valence-electron chi connectivity index (χ2n) is 6.49. The fourth-order valence-electron chi connectivity index (χ4n) is 3.15. The lowest BCUT2D eigenvalue weighted by atomic mass is 10.2. The number of benzene rings is 2. The first-order valence-electron chi connectivity index (χ1n) is 8.95. The van der Waals surface area contributed by atoms with Crippen molar-refractivity contribution in [3.05, 3.63) is 52.6 Å². The molecular weight excluding hydrogens is 414 g/mol. The van der Waals surface area contributed by atoms with E-state index in [9.17, 15) is 23.6 Å². The minimum Gasteiger partial charge on any atom is -0.493 e. The highest BCUT2D eigenvalue weighted by atomic mass is 32.2. The molecule has 0 bridgehead atoms. The van der Waals surface area contributed by atoms with Crippen LogP contribution >= 0.6 is 0 Å². The molecule has 2 N–H and O–H groups in total. The van der Waals surface area contributed by atoms with Crippen LogP contribution in [0.25, 0.3) is 10.9 Å². The highest BCUT2D eigenvalue weighted by molar-refractivity contribution is 7.89. The van der Waals surface area contributed by atoms with E-state index >= 15 is 0 Å². The van der Waals surface area contributed by atoms with E-state index in [-0.39, 0.29) is 48.5 Å². The summed E-state index contributed by atoms with van der Waals surface area (Å²) in [5.41, 5.74) is 0.119. The van der Waals surface area contributed by atoms with Crippen LogP contribution in [-0.4, -0.2) is 54.0 Å². The number of aromatic amines is 1. The number of azo groups is 1. The molecule has 4 rings (SSSR count). The van der Waals surface area contributed by atoms with Crippen LogP contribution in [0, 0.1) is 10.1 Å². The average Bonchev–Trinajstić information content (AvgIpc) is 3.07. The molecule has 2 aromatic carbocycles. The summed E-state index contributed by atoms with van der Waals surface area (Å²) in [5.74, 6) is -0.228. The van der Waals surface area contributed by atoms with Gasteiger partial charge in [0, 0.05) is 24.5 Å². The summed E-state index contributed by atoms with van der Waals surface area (Å²) < 4.78 is 31.9. The van der Waals surface area contributed by atoms with Gasteiger partial charge in [0.2, 0.25) is 15.9 Å². The quantitative estimate of drug-likeness (QED) is 0.360. The van der Waals surface area contributed by atoms with Gasteiger partial charge in [-0.25, -0.2) is 8.42 Å². The monoisotopic (exact) mass is 431 g/mol. The maximum Gasteiger partial charge on any atom is 0.298 e. The Morgan fingerprint density at radius 1 is 1.13 bits per heavy atom. The molecule has 1 aliphatic heterocycles. The standard InChI is InChI=1S/C18H17N5O6S/c24-18-17(13-3-1-2-4-14(13)19-18)21-20-15-6-5-12(11-16(15)23(25)26)30(27,28)22-7-9-29-10-8-22/h1-6,11,19,24H,7-10H2. The molecule has 156 valence electrons. The molecular formula is C18H17N5O6S. The van der Waals surface area contributed by atoms with Gasteiger partial charge in [-0.1, -0.05) is 18.2 Å². The van der Waals surface area contributed by atoms with Gasteiger partial charge < -0.3 is 14.8 Å². The summed E-state index contributed by atoms with van der Waals surface area (Å²) in [7, 11) is -3.90. The topological polar surface area (TPSA) is 150 Å². The number of nitro groups is 1. The van der Waals surface area contributed by atoms with E-state index in [1.165, 1.54) is 16.4 Å². The van der Waals surface area contributed by atoms with Crippen LogP contribution in [0.15, 0.2) is 57.6 Å². The maximum absolute atomic E-state index is 12.8. The van der Waals surface area contributed by atoms with Gasteiger partial charge in [0.25, 0.3) is 5.69 Å². The van der Waals surface area contributed by atoms with E-state index in [0.717, 1.165) is 6.07 Å². The van der Waals surface area contributed by atoms with E-state index in [0.29, 0.717) is 10.9 Å². The Morgan fingerprint density at radius 2 is 1.87 bits per heavy atom. The van der Waals surface area contributed by atoms with Crippen molar-refractivity contribution in [3.8, 4) is 5.88 Å². The van der Waals surface area contributed by atoms with Crippen molar-refractivity contribution in [1.82, 2.24) is 9.29 Å². The van der Waals surface area contributed by atoms with Crippen LogP contribution in [0.1, 0.15) is 0 Å². The van der Waals surface area contributed by atoms with Crippen molar-refractivity contribution in [2.75, 3.05) is 26.3 Å². The predicted molar refractivity (Wildman–Crippen MR) is 107 cm³/mol. The molecule has 0 amide bonds. The average molecular weight is 431 g/mol. The van der Waals surface area contributed by atoms with E-state index in [2.05, 4.69) is 15.2 Å². The molecule has 0 radical (unpaired) electrons. The lowest BCUT2D eigenvalue weighted by Crippen LogP contribution is -2.40. The Kier molecular flexibility index (Phi) is 5.20. The van der Waals surface area contributed by atoms with Gasteiger partial charge in [-0.2, -0.15) is 4.31 Å². The molecule has 0 atom stereocenters. The van der Waals surface area contributed by atoms with Gasteiger partial charge in [0.15, 0.2) is 11.4 Å². The molecule has 0 unspecified atom stereocenters. The minimum absolute atomic E-state index is 0.130. The van der Waals surface area contributed by atoms with Crippen molar-refractivity contribution in [3.63, 3.8) is 0 Å². The Balaban J connectivity index is 1.71. The molecule has 0 aliphatic carbocycles. The number of aromatic hydroxyl groups is 1. The zero-order valence-corrected chi connectivity index (χ0v) is 16.4. The summed E-state index contributed by atoms with van der Waals surface area (Å²) in [6.45, 7) is 0.887. The number of nitrogens with zero attached hydrogens (tertiary/aromatic N) is 4. The summed E-state index contributed by atoms with van der Waals surface area (Å²) >= 11 is 0. The summed E-state index contributed by atoms with van der Waals surface area (Å²) in [6, 6.07) is 10.4. The van der Waals surface area contributed by atoms with Crippen LogP contribution < -0.4 is 0 Å². The Hall–Kier alpha value is -3.35. The third-order valence-corrected chi connectivity index (χ3v) is 6.56. The van der Waals surface area contributed by atoms with Crippen LogP contribution in [0.3, 0.4) is 0 Å². The van der Waals surface area contributed by atoms with Crippen molar-refractivity contribution in [1.29, 1.82) is 0 Å². The number of morpholine rings is 1. The first-order chi connectivity index (χ1) is 14.4. The second-order valence-corrected chi connectivity index (χ2v) is 8.43. The van der Waals surface area contributed by atoms with Crippen LogP contribution in [0.2, 0.25) is 0 Å². The number of nitro benzene ring substituents is 1. The normalized spacial score (nSPS) is 15.7. The predicted octanol–water partition coefficient (Wildman–Crippen LogP) is 3.22. The van der Waals surface area contributed by atoms with Crippen molar-refractivity contribution < 1.29 is 23.2 Å². The Bertz CT molecular complexity index is 1250. The number of para-hydroxylation sites is 1. The maximum atomic E-state index is 12.8. The molecule has 1 aliphatic rings. The molecule has 1 fully saturated rings. The first kappa shape index (κ1) is 19.9. The number of sulfonamides is 1. The van der Waals surface area contributed by atoms with E-state index in [1.807, 2.05) is 0 Å². The van der Waals surface area contributed by atoms with Gasteiger partial charge in [0.1, 0.15) is 0 Å². The lowest BCUT2D eigenvalue weighted by molar-refractivity contribution is -0.384. The SMILES string of the molecule is O=[N+]([O-])c1cc(S(=O)(=O)N2CCOCC2)ccc1N=Nc1c(O)[nH]c2ccccc12. The number of hydrogen-bond acceptors (Lipinski definition) is 8. The molecule has 2 heterocycles. The van der Waals surface area contributed by atoms with Gasteiger partial charge in [0.05, 0.1) is 28.5 Å². The second kappa shape index (κ2) is 7.82. The minimum atomic E-state index is -3.90. The molecule has 3 aromatic rings. The summed E-state index contributed by atoms with van der Waals surface area (Å²) in [4.78, 5) is 13.4. The molecule has 1 saturated heterocycles. The number of nitrogens with one attached hydrogen (secondary N) is 1. The van der Waals surface area contributed by atoms with E-state index in [4.69, 9.17) is 4.74 Å². The molecule has 1 aromatic heterocycles. The highest BCUT2D eigenvalue weighted by Crippen LogP contribution is 2.38. The number of H-pyrrole nitrogens is 1. The summed E-state index contributed by atoms with van der Waals surface area (Å²) in [6.07, 6.45) is 0. The van der Waals surface area contributed by atoms with Crippen molar-refractivity contribution in [2.45, 2.75) is 4.90 Å². The fourth-order valence-corrected chi connectivity index (χ4v) is 4.58. The number of ether oxygens (including phenoxy) is 1. The highest BCUT2D eigenvalue weighted by Gasteiger charge is 2.29. The third-order valence-electron chi connectivity index (χ3n) is 4.67. The van der Waals surface area contributed by atoms with Crippen molar-refractivity contribution in [2.24, 2.45) is 10.2 Å². The zero-order valence-electron chi connectivity index (χ0n) is 15.6. The number of aromatic nitrogens is 1. The first-order valence-corrected chi connectivity index (χ1v) is 10.4. The summed E-state index contributed by atoms with van der Waals surface area (Å²) in [5, 5.41) is 30.0. The van der Waals surface area contributed by atoms with Crippen molar-refractivity contribution >= 4 is 38.0 Å². The Morgan fingerprint density at radius 3 is 2.60 bits per heavy atom. The third kappa shape index (κ3) is 3.63. The fraction of sp³-hybridized carbons (Fsp3) is 0.222. The number of fused-ring (bicyclic) bond motifs is 1. The van der Waals surface area contributed by atoms with Gasteiger partial charge >= 0.3 is 0 Å². The number of rotatable bonds is 5. The molecule has 30 heavy (non-hydrogen) atoms. The van der Waals surface area contributed by atoms with Crippen LogP contribution in [0.5, 0.6) is 5.88 Å².